The number of nitrogens with zero attached hydrogens (tertiary/aromatic N) is 2. The van der Waals surface area contributed by atoms with Gasteiger partial charge in [0, 0.05) is 26.2 Å². The lowest BCUT2D eigenvalue weighted by atomic mass is 10.1. The molecule has 92 valence electrons. The smallest absolute Gasteiger partial charge is 0.236 e. The molecule has 0 spiro atoms. The van der Waals surface area contributed by atoms with E-state index in [1.54, 1.807) is 0 Å². The van der Waals surface area contributed by atoms with Crippen LogP contribution in [-0.4, -0.2) is 73.4 Å². The van der Waals surface area contributed by atoms with Crippen LogP contribution in [0.3, 0.4) is 0 Å². The molecule has 1 amide bonds. The van der Waals surface area contributed by atoms with Crippen LogP contribution in [0.1, 0.15) is 6.42 Å². The molecule has 1 atom stereocenters. The SMILES string of the molecule is O=C(CN1CC[C@@H](CO)C1)N1CCOCC1. The molecular weight excluding hydrogens is 208 g/mol. The van der Waals surface area contributed by atoms with Crippen LogP contribution < -0.4 is 0 Å². The fraction of sp³-hybridized carbons (Fsp3) is 0.909. The third-order valence-electron chi connectivity index (χ3n) is 3.35. The summed E-state index contributed by atoms with van der Waals surface area (Å²) in [7, 11) is 0. The molecule has 0 saturated carbocycles. The van der Waals surface area contributed by atoms with Crippen LogP contribution in [-0.2, 0) is 9.53 Å². The van der Waals surface area contributed by atoms with Crippen LogP contribution in [0.5, 0.6) is 0 Å². The molecule has 0 aromatic heterocycles. The molecule has 0 aromatic rings. The Labute approximate surface area is 96.0 Å². The highest BCUT2D eigenvalue weighted by atomic mass is 16.5. The number of amides is 1. The topological polar surface area (TPSA) is 53.0 Å². The first-order valence-corrected chi connectivity index (χ1v) is 5.98. The first kappa shape index (κ1) is 11.8. The van der Waals surface area contributed by atoms with Crippen molar-refractivity contribution in [1.82, 2.24) is 9.80 Å². The summed E-state index contributed by atoms with van der Waals surface area (Å²) < 4.78 is 5.21. The van der Waals surface area contributed by atoms with Gasteiger partial charge in [-0.25, -0.2) is 0 Å². The summed E-state index contributed by atoms with van der Waals surface area (Å²) in [5, 5.41) is 9.03. The average molecular weight is 228 g/mol. The molecule has 0 unspecified atom stereocenters. The van der Waals surface area contributed by atoms with Crippen molar-refractivity contribution in [3.05, 3.63) is 0 Å². The van der Waals surface area contributed by atoms with Crippen molar-refractivity contribution in [2.75, 3.05) is 52.5 Å². The summed E-state index contributed by atoms with van der Waals surface area (Å²) >= 11 is 0. The largest absolute Gasteiger partial charge is 0.396 e. The summed E-state index contributed by atoms with van der Waals surface area (Å²) in [6.45, 7) is 5.27. The van der Waals surface area contributed by atoms with Crippen LogP contribution in [0.15, 0.2) is 0 Å². The van der Waals surface area contributed by atoms with Crippen molar-refractivity contribution < 1.29 is 14.6 Å². The summed E-state index contributed by atoms with van der Waals surface area (Å²) in [5.41, 5.74) is 0. The molecule has 2 fully saturated rings. The Bertz CT molecular complexity index is 241. The predicted octanol–water partition coefficient (Wildman–Crippen LogP) is -0.841. The van der Waals surface area contributed by atoms with Gasteiger partial charge in [-0.2, -0.15) is 0 Å². The molecule has 2 rings (SSSR count). The molecule has 0 aliphatic carbocycles. The number of carbonyl (C=O) groups is 1. The van der Waals surface area contributed by atoms with Gasteiger partial charge in [0.1, 0.15) is 0 Å². The molecule has 2 saturated heterocycles. The zero-order valence-electron chi connectivity index (χ0n) is 9.60. The predicted molar refractivity (Wildman–Crippen MR) is 59.0 cm³/mol. The zero-order valence-corrected chi connectivity index (χ0v) is 9.60. The van der Waals surface area contributed by atoms with Crippen LogP contribution >= 0.6 is 0 Å². The van der Waals surface area contributed by atoms with Crippen molar-refractivity contribution in [2.24, 2.45) is 5.92 Å². The van der Waals surface area contributed by atoms with E-state index in [4.69, 9.17) is 9.84 Å². The molecule has 16 heavy (non-hydrogen) atoms. The fourth-order valence-corrected chi connectivity index (χ4v) is 2.31. The zero-order chi connectivity index (χ0) is 11.4. The second-order valence-electron chi connectivity index (χ2n) is 4.57. The quantitative estimate of drug-likeness (QED) is 0.684. The number of aliphatic hydroxyl groups is 1. The summed E-state index contributed by atoms with van der Waals surface area (Å²) in [5.74, 6) is 0.555. The Hall–Kier alpha value is -0.650. The number of aliphatic hydroxyl groups excluding tert-OH is 1. The van der Waals surface area contributed by atoms with Gasteiger partial charge >= 0.3 is 0 Å². The molecule has 0 aromatic carbocycles. The van der Waals surface area contributed by atoms with Gasteiger partial charge in [0.15, 0.2) is 0 Å². The lowest BCUT2D eigenvalue weighted by Gasteiger charge is -2.28. The van der Waals surface area contributed by atoms with Crippen LogP contribution in [0.2, 0.25) is 0 Å². The van der Waals surface area contributed by atoms with Gasteiger partial charge in [0.05, 0.1) is 19.8 Å². The average Bonchev–Trinajstić information content (AvgIpc) is 2.78. The van der Waals surface area contributed by atoms with Gasteiger partial charge in [0.2, 0.25) is 5.91 Å². The van der Waals surface area contributed by atoms with E-state index in [2.05, 4.69) is 4.90 Å². The van der Waals surface area contributed by atoms with Crippen LogP contribution in [0, 0.1) is 5.92 Å². The Morgan fingerprint density at radius 1 is 1.31 bits per heavy atom. The van der Waals surface area contributed by atoms with Crippen molar-refractivity contribution in [3.8, 4) is 0 Å². The summed E-state index contributed by atoms with van der Waals surface area (Å²) in [6.07, 6.45) is 1.01. The third kappa shape index (κ3) is 2.93. The Morgan fingerprint density at radius 2 is 2.06 bits per heavy atom. The number of hydrogen-bond donors (Lipinski definition) is 1. The molecule has 1 N–H and O–H groups in total. The molecule has 2 aliphatic heterocycles. The maximum Gasteiger partial charge on any atom is 0.236 e. The highest BCUT2D eigenvalue weighted by molar-refractivity contribution is 5.78. The van der Waals surface area contributed by atoms with Gasteiger partial charge < -0.3 is 14.7 Å². The second-order valence-corrected chi connectivity index (χ2v) is 4.57. The Morgan fingerprint density at radius 3 is 2.69 bits per heavy atom. The minimum Gasteiger partial charge on any atom is -0.396 e. The Kier molecular flexibility index (Phi) is 4.15. The molecule has 0 bridgehead atoms. The molecule has 2 aliphatic rings. The van der Waals surface area contributed by atoms with Crippen molar-refractivity contribution >= 4 is 5.91 Å². The van der Waals surface area contributed by atoms with E-state index in [0.717, 1.165) is 32.6 Å². The molecule has 0 radical (unpaired) electrons. The minimum atomic E-state index is 0.196. The first-order chi connectivity index (χ1) is 7.79. The van der Waals surface area contributed by atoms with Crippen LogP contribution in [0.25, 0.3) is 0 Å². The highest BCUT2D eigenvalue weighted by Gasteiger charge is 2.25. The first-order valence-electron chi connectivity index (χ1n) is 5.98. The number of hydrogen-bond acceptors (Lipinski definition) is 4. The van der Waals surface area contributed by atoms with E-state index in [9.17, 15) is 4.79 Å². The van der Waals surface area contributed by atoms with Gasteiger partial charge in [-0.1, -0.05) is 0 Å². The molecule has 5 heteroatoms. The van der Waals surface area contributed by atoms with E-state index >= 15 is 0 Å². The third-order valence-corrected chi connectivity index (χ3v) is 3.35. The van der Waals surface area contributed by atoms with Gasteiger partial charge in [-0.15, -0.1) is 0 Å². The monoisotopic (exact) mass is 228 g/mol. The lowest BCUT2D eigenvalue weighted by Crippen LogP contribution is -2.45. The maximum absolute atomic E-state index is 11.9. The van der Waals surface area contributed by atoms with Crippen molar-refractivity contribution in [1.29, 1.82) is 0 Å². The van der Waals surface area contributed by atoms with E-state index in [0.29, 0.717) is 25.7 Å². The summed E-state index contributed by atoms with van der Waals surface area (Å²) in [4.78, 5) is 15.9. The number of likely N-dealkylation sites (tertiary alicyclic amines) is 1. The van der Waals surface area contributed by atoms with E-state index in [1.165, 1.54) is 0 Å². The highest BCUT2D eigenvalue weighted by Crippen LogP contribution is 2.15. The molecule has 2 heterocycles. The maximum atomic E-state index is 11.9. The number of ether oxygens (including phenoxy) is 1. The summed E-state index contributed by atoms with van der Waals surface area (Å²) in [6, 6.07) is 0. The van der Waals surface area contributed by atoms with Gasteiger partial charge in [0.25, 0.3) is 0 Å². The van der Waals surface area contributed by atoms with Crippen LogP contribution in [0.4, 0.5) is 0 Å². The van der Waals surface area contributed by atoms with E-state index in [1.807, 2.05) is 4.90 Å². The molecular formula is C11H20N2O3. The second kappa shape index (κ2) is 5.61. The number of carbonyl (C=O) groups excluding carboxylic acids is 1. The lowest BCUT2D eigenvalue weighted by molar-refractivity contribution is -0.136. The van der Waals surface area contributed by atoms with Crippen molar-refractivity contribution in [3.63, 3.8) is 0 Å². The number of morpholine rings is 1. The van der Waals surface area contributed by atoms with Gasteiger partial charge in [-0.05, 0) is 18.9 Å². The molecule has 5 nitrogen and oxygen atoms in total. The van der Waals surface area contributed by atoms with E-state index < -0.39 is 0 Å². The minimum absolute atomic E-state index is 0.196. The number of rotatable bonds is 3. The Balaban J connectivity index is 1.74. The van der Waals surface area contributed by atoms with Crippen molar-refractivity contribution in [2.45, 2.75) is 6.42 Å². The van der Waals surface area contributed by atoms with Gasteiger partial charge in [-0.3, -0.25) is 9.69 Å². The standard InChI is InChI=1S/C11H20N2O3/c14-9-10-1-2-12(7-10)8-11(15)13-3-5-16-6-4-13/h10,14H,1-9H2/t10-/m1/s1. The van der Waals surface area contributed by atoms with E-state index in [-0.39, 0.29) is 12.5 Å². The fourth-order valence-electron chi connectivity index (χ4n) is 2.31. The normalized spacial score (nSPS) is 27.3.